The fourth-order valence-electron chi connectivity index (χ4n) is 4.08. The van der Waals surface area contributed by atoms with Gasteiger partial charge in [-0.05, 0) is 31.0 Å². The number of aromatic nitrogens is 4. The van der Waals surface area contributed by atoms with Gasteiger partial charge in [0.05, 0.1) is 29.4 Å². The molecule has 2 bridgehead atoms. The number of likely N-dealkylation sites (tertiary alicyclic amines) is 1. The van der Waals surface area contributed by atoms with Gasteiger partial charge in [0.2, 0.25) is 0 Å². The number of rotatable bonds is 1. The average molecular weight is 307 g/mol. The molecule has 3 aromatic rings. The summed E-state index contributed by atoms with van der Waals surface area (Å²) in [6.07, 6.45) is 6.33. The smallest absolute Gasteiger partial charge is 0.254 e. The zero-order chi connectivity index (χ0) is 15.4. The molecule has 1 aliphatic heterocycles. The number of nitrogens with zero attached hydrogens (tertiary/aromatic N) is 3. The van der Waals surface area contributed by atoms with Gasteiger partial charge in [-0.1, -0.05) is 0 Å². The van der Waals surface area contributed by atoms with Gasteiger partial charge in [-0.2, -0.15) is 0 Å². The summed E-state index contributed by atoms with van der Waals surface area (Å²) in [7, 11) is 0. The van der Waals surface area contributed by atoms with Crippen molar-refractivity contribution in [3.05, 3.63) is 47.8 Å². The van der Waals surface area contributed by atoms with Gasteiger partial charge in [-0.15, -0.1) is 0 Å². The zero-order valence-corrected chi connectivity index (χ0v) is 12.6. The number of hydrogen-bond donors (Lipinski definition) is 2. The van der Waals surface area contributed by atoms with Gasteiger partial charge in [-0.3, -0.25) is 4.79 Å². The van der Waals surface area contributed by atoms with Gasteiger partial charge in [-0.25, -0.2) is 9.97 Å². The number of fused-ring (bicyclic) bond motifs is 5. The van der Waals surface area contributed by atoms with Crippen LogP contribution in [0.15, 0.2) is 30.9 Å². The topological polar surface area (TPSA) is 77.7 Å². The van der Waals surface area contributed by atoms with Crippen LogP contribution in [-0.4, -0.2) is 43.3 Å². The summed E-state index contributed by atoms with van der Waals surface area (Å²) < 4.78 is 0. The number of nitrogens with one attached hydrogen (secondary N) is 2. The molecular formula is C17H17N5O. The van der Waals surface area contributed by atoms with Crippen LogP contribution in [0.3, 0.4) is 0 Å². The molecule has 0 saturated carbocycles. The number of hydrogen-bond acceptors (Lipinski definition) is 3. The minimum atomic E-state index is 0.118. The number of piperidine rings is 1. The van der Waals surface area contributed by atoms with E-state index in [1.165, 1.54) is 11.4 Å². The van der Waals surface area contributed by atoms with Crippen LogP contribution >= 0.6 is 0 Å². The molecule has 0 unspecified atom stereocenters. The van der Waals surface area contributed by atoms with Crippen molar-refractivity contribution in [2.75, 3.05) is 6.54 Å². The van der Waals surface area contributed by atoms with E-state index in [0.29, 0.717) is 5.92 Å². The normalized spacial score (nSPS) is 23.0. The van der Waals surface area contributed by atoms with Crippen molar-refractivity contribution in [2.45, 2.75) is 31.2 Å². The molecule has 1 fully saturated rings. The molecule has 0 spiro atoms. The van der Waals surface area contributed by atoms with E-state index in [2.05, 4.69) is 19.9 Å². The predicted molar refractivity (Wildman–Crippen MR) is 85.2 cm³/mol. The lowest BCUT2D eigenvalue weighted by molar-refractivity contribution is 0.0571. The molecule has 1 saturated heterocycles. The number of H-pyrrole nitrogens is 2. The zero-order valence-electron chi connectivity index (χ0n) is 12.6. The van der Waals surface area contributed by atoms with Crippen LogP contribution in [0.1, 0.15) is 40.5 Å². The van der Waals surface area contributed by atoms with Crippen molar-refractivity contribution in [2.24, 2.45) is 0 Å². The third-order valence-corrected chi connectivity index (χ3v) is 5.22. The molecular weight excluding hydrogens is 290 g/mol. The maximum Gasteiger partial charge on any atom is 0.254 e. The Kier molecular flexibility index (Phi) is 2.62. The summed E-state index contributed by atoms with van der Waals surface area (Å²) in [5.74, 6) is 0.613. The quantitative estimate of drug-likeness (QED) is 0.723. The van der Waals surface area contributed by atoms with E-state index < -0.39 is 0 Å². The lowest BCUT2D eigenvalue weighted by Crippen LogP contribution is -2.48. The van der Waals surface area contributed by atoms with E-state index in [9.17, 15) is 4.79 Å². The highest BCUT2D eigenvalue weighted by Gasteiger charge is 2.38. The highest BCUT2D eigenvalue weighted by Crippen LogP contribution is 2.38. The first-order chi connectivity index (χ1) is 11.3. The molecule has 6 nitrogen and oxygen atoms in total. The van der Waals surface area contributed by atoms with Crippen molar-refractivity contribution < 1.29 is 4.79 Å². The molecule has 2 N–H and O–H groups in total. The Hall–Kier alpha value is -2.63. The fourth-order valence-corrected chi connectivity index (χ4v) is 4.08. The Morgan fingerprint density at radius 1 is 1.22 bits per heavy atom. The van der Waals surface area contributed by atoms with E-state index in [0.717, 1.165) is 42.4 Å². The van der Waals surface area contributed by atoms with E-state index in [1.54, 1.807) is 12.7 Å². The van der Waals surface area contributed by atoms with Gasteiger partial charge in [0.25, 0.3) is 5.91 Å². The van der Waals surface area contributed by atoms with E-state index in [-0.39, 0.29) is 11.9 Å². The Morgan fingerprint density at radius 3 is 3.09 bits per heavy atom. The van der Waals surface area contributed by atoms with Gasteiger partial charge >= 0.3 is 0 Å². The number of carbonyl (C=O) groups is 1. The highest BCUT2D eigenvalue weighted by molar-refractivity contribution is 5.97. The molecule has 0 radical (unpaired) electrons. The first kappa shape index (κ1) is 12.9. The van der Waals surface area contributed by atoms with E-state index >= 15 is 0 Å². The van der Waals surface area contributed by atoms with Crippen LogP contribution < -0.4 is 0 Å². The van der Waals surface area contributed by atoms with Crippen molar-refractivity contribution >= 4 is 16.9 Å². The van der Waals surface area contributed by atoms with Crippen molar-refractivity contribution in [1.29, 1.82) is 0 Å². The Bertz CT molecular complexity index is 895. The molecule has 1 aromatic carbocycles. The van der Waals surface area contributed by atoms with Gasteiger partial charge in [0.15, 0.2) is 0 Å². The summed E-state index contributed by atoms with van der Waals surface area (Å²) in [5.41, 5.74) is 4.95. The largest absolute Gasteiger partial charge is 0.348 e. The molecule has 5 rings (SSSR count). The first-order valence-corrected chi connectivity index (χ1v) is 8.06. The summed E-state index contributed by atoms with van der Waals surface area (Å²) >= 11 is 0. The van der Waals surface area contributed by atoms with Crippen LogP contribution in [0.4, 0.5) is 0 Å². The van der Waals surface area contributed by atoms with Crippen molar-refractivity contribution in [3.8, 4) is 0 Å². The van der Waals surface area contributed by atoms with Crippen molar-refractivity contribution in [3.63, 3.8) is 0 Å². The number of amides is 1. The molecule has 3 heterocycles. The second-order valence-corrected chi connectivity index (χ2v) is 6.48. The number of benzene rings is 1. The third kappa shape index (κ3) is 1.91. The summed E-state index contributed by atoms with van der Waals surface area (Å²) in [5, 5.41) is 0. The first-order valence-electron chi connectivity index (χ1n) is 8.06. The Labute approximate surface area is 132 Å². The number of carbonyl (C=O) groups excluding carboxylic acids is 1. The monoisotopic (exact) mass is 307 g/mol. The Morgan fingerprint density at radius 2 is 2.13 bits per heavy atom. The van der Waals surface area contributed by atoms with Gasteiger partial charge < -0.3 is 14.9 Å². The summed E-state index contributed by atoms with van der Waals surface area (Å²) in [6.45, 7) is 0.807. The molecule has 116 valence electrons. The molecule has 2 atom stereocenters. The Balaban J connectivity index is 1.46. The SMILES string of the molecule is O=C(c1ccc2nc[nH]c2c1)N1CC[C@H]2C[C@@H]1Cc1[nH]cnc12. The molecule has 1 aliphatic carbocycles. The average Bonchev–Trinajstić information content (AvgIpc) is 3.22. The van der Waals surface area contributed by atoms with Gasteiger partial charge in [0.1, 0.15) is 0 Å². The minimum Gasteiger partial charge on any atom is -0.348 e. The van der Waals surface area contributed by atoms with Crippen LogP contribution in [0.2, 0.25) is 0 Å². The van der Waals surface area contributed by atoms with Crippen molar-refractivity contribution in [1.82, 2.24) is 24.8 Å². The standard InChI is InChI=1S/C17H17N5O/c23-17(11-1-2-13-14(6-11)19-8-18-13)22-4-3-10-5-12(22)7-15-16(10)21-9-20-15/h1-2,6,8-10,12H,3-5,7H2,(H,18,19)(H,20,21)/t10-,12+/m0/s1. The molecule has 6 heteroatoms. The third-order valence-electron chi connectivity index (χ3n) is 5.22. The fraction of sp³-hybridized carbons (Fsp3) is 0.353. The molecule has 2 aromatic heterocycles. The maximum atomic E-state index is 13.0. The number of imidazole rings is 2. The molecule has 23 heavy (non-hydrogen) atoms. The minimum absolute atomic E-state index is 0.118. The van der Waals surface area contributed by atoms with E-state index in [4.69, 9.17) is 0 Å². The highest BCUT2D eigenvalue weighted by atomic mass is 16.2. The number of aromatic amines is 2. The second kappa shape index (κ2) is 4.68. The van der Waals surface area contributed by atoms with Gasteiger partial charge in [0, 0.05) is 36.2 Å². The summed E-state index contributed by atoms with van der Waals surface area (Å²) in [4.78, 5) is 30.0. The van der Waals surface area contributed by atoms with Crippen LogP contribution in [0.25, 0.3) is 11.0 Å². The lowest BCUT2D eigenvalue weighted by atomic mass is 9.80. The second-order valence-electron chi connectivity index (χ2n) is 6.48. The predicted octanol–water partition coefficient (Wildman–Crippen LogP) is 2.23. The van der Waals surface area contributed by atoms with Crippen LogP contribution in [0, 0.1) is 0 Å². The van der Waals surface area contributed by atoms with Crippen LogP contribution in [0.5, 0.6) is 0 Å². The molecule has 1 amide bonds. The molecule has 2 aliphatic rings. The maximum absolute atomic E-state index is 13.0. The van der Waals surface area contributed by atoms with E-state index in [1.807, 2.05) is 23.1 Å². The van der Waals surface area contributed by atoms with Crippen LogP contribution in [-0.2, 0) is 6.42 Å². The lowest BCUT2D eigenvalue weighted by Gasteiger charge is -2.42. The summed E-state index contributed by atoms with van der Waals surface area (Å²) in [6, 6.07) is 5.95.